The molecule has 3 nitrogen and oxygen atoms in total. The summed E-state index contributed by atoms with van der Waals surface area (Å²) in [4.78, 5) is 8.52. The molecule has 3 heterocycles. The summed E-state index contributed by atoms with van der Waals surface area (Å²) >= 11 is 0. The van der Waals surface area contributed by atoms with Gasteiger partial charge >= 0.3 is 0 Å². The van der Waals surface area contributed by atoms with Crippen LogP contribution in [0.5, 0.6) is 0 Å². The van der Waals surface area contributed by atoms with Gasteiger partial charge in [0.25, 0.3) is 0 Å². The van der Waals surface area contributed by atoms with Crippen molar-refractivity contribution < 1.29 is 4.39 Å². The molecule has 0 saturated carbocycles. The van der Waals surface area contributed by atoms with Crippen LogP contribution in [0, 0.1) is 5.82 Å². The van der Waals surface area contributed by atoms with Gasteiger partial charge in [0, 0.05) is 17.1 Å². The van der Waals surface area contributed by atoms with E-state index in [1.54, 1.807) is 12.1 Å². The standard InChI is InChI=1S/C21H30FN3.ClH/c22-18-5-6-19-20(16-23-21(19)15-18)17-7-13-25(14-8-17)12-4-11-24-9-2-1-3-10-24;/h5-6,15-17,23H,1-4,7-14H2;1H. The van der Waals surface area contributed by atoms with Crippen molar-refractivity contribution >= 4 is 23.3 Å². The van der Waals surface area contributed by atoms with Gasteiger partial charge in [-0.05, 0) is 101 Å². The fourth-order valence-electron chi connectivity index (χ4n) is 4.63. The van der Waals surface area contributed by atoms with Gasteiger partial charge in [-0.15, -0.1) is 12.4 Å². The number of fused-ring (bicyclic) bond motifs is 1. The molecule has 0 bridgehead atoms. The highest BCUT2D eigenvalue weighted by molar-refractivity contribution is 5.85. The van der Waals surface area contributed by atoms with Crippen LogP contribution in [-0.2, 0) is 0 Å². The molecule has 0 unspecified atom stereocenters. The number of H-pyrrole nitrogens is 1. The number of halogens is 2. The number of nitrogens with one attached hydrogen (secondary N) is 1. The number of piperidine rings is 2. The first kappa shape index (κ1) is 19.7. The number of rotatable bonds is 5. The monoisotopic (exact) mass is 379 g/mol. The fraction of sp³-hybridized carbons (Fsp3) is 0.619. The third kappa shape index (κ3) is 4.59. The minimum Gasteiger partial charge on any atom is -0.361 e. The minimum absolute atomic E-state index is 0. The Morgan fingerprint density at radius 1 is 0.962 bits per heavy atom. The van der Waals surface area contributed by atoms with Crippen molar-refractivity contribution in [2.75, 3.05) is 39.3 Å². The maximum absolute atomic E-state index is 13.4. The Balaban J connectivity index is 0.00000196. The lowest BCUT2D eigenvalue weighted by Gasteiger charge is -2.33. The molecule has 1 N–H and O–H groups in total. The molecule has 4 rings (SSSR count). The van der Waals surface area contributed by atoms with Crippen LogP contribution >= 0.6 is 12.4 Å². The summed E-state index contributed by atoms with van der Waals surface area (Å²) in [5.74, 6) is 0.446. The molecule has 0 aliphatic carbocycles. The van der Waals surface area contributed by atoms with E-state index >= 15 is 0 Å². The second-order valence-corrected chi connectivity index (χ2v) is 7.81. The summed E-state index contributed by atoms with van der Waals surface area (Å²) in [5.41, 5.74) is 2.31. The molecule has 1 aromatic heterocycles. The zero-order valence-electron chi connectivity index (χ0n) is 15.6. The van der Waals surface area contributed by atoms with Gasteiger partial charge in [0.1, 0.15) is 5.82 Å². The number of likely N-dealkylation sites (tertiary alicyclic amines) is 2. The summed E-state index contributed by atoms with van der Waals surface area (Å²) < 4.78 is 13.4. The van der Waals surface area contributed by atoms with Gasteiger partial charge in [-0.3, -0.25) is 0 Å². The van der Waals surface area contributed by atoms with E-state index < -0.39 is 0 Å². The maximum atomic E-state index is 13.4. The lowest BCUT2D eigenvalue weighted by molar-refractivity contribution is 0.181. The Morgan fingerprint density at radius 3 is 2.38 bits per heavy atom. The predicted molar refractivity (Wildman–Crippen MR) is 109 cm³/mol. The van der Waals surface area contributed by atoms with Crippen LogP contribution in [0.4, 0.5) is 4.39 Å². The largest absolute Gasteiger partial charge is 0.361 e. The maximum Gasteiger partial charge on any atom is 0.125 e. The number of aromatic nitrogens is 1. The molecule has 2 fully saturated rings. The van der Waals surface area contributed by atoms with Crippen molar-refractivity contribution in [1.82, 2.24) is 14.8 Å². The molecule has 144 valence electrons. The summed E-state index contributed by atoms with van der Waals surface area (Å²) in [6.07, 6.45) is 10.0. The summed E-state index contributed by atoms with van der Waals surface area (Å²) in [5, 5.41) is 1.20. The summed E-state index contributed by atoms with van der Waals surface area (Å²) in [7, 11) is 0. The molecule has 0 atom stereocenters. The molecule has 2 aliphatic heterocycles. The number of aromatic amines is 1. The normalized spacial score (nSPS) is 20.3. The van der Waals surface area contributed by atoms with E-state index in [1.165, 1.54) is 88.7 Å². The highest BCUT2D eigenvalue weighted by Crippen LogP contribution is 2.33. The van der Waals surface area contributed by atoms with Crippen LogP contribution in [-0.4, -0.2) is 54.1 Å². The van der Waals surface area contributed by atoms with Gasteiger partial charge < -0.3 is 14.8 Å². The average molecular weight is 380 g/mol. The highest BCUT2D eigenvalue weighted by Gasteiger charge is 2.22. The molecule has 0 amide bonds. The number of hydrogen-bond donors (Lipinski definition) is 1. The Kier molecular flexibility index (Phi) is 6.96. The van der Waals surface area contributed by atoms with Crippen LogP contribution in [0.3, 0.4) is 0 Å². The van der Waals surface area contributed by atoms with Crippen LogP contribution in [0.25, 0.3) is 10.9 Å². The second kappa shape index (κ2) is 9.20. The average Bonchev–Trinajstić information content (AvgIpc) is 3.06. The Labute approximate surface area is 162 Å². The van der Waals surface area contributed by atoms with Crippen molar-refractivity contribution in [3.05, 3.63) is 35.8 Å². The van der Waals surface area contributed by atoms with Crippen LogP contribution in [0.2, 0.25) is 0 Å². The van der Waals surface area contributed by atoms with E-state index in [1.807, 2.05) is 6.07 Å². The first-order valence-corrected chi connectivity index (χ1v) is 10.0. The molecule has 2 aliphatic rings. The first-order valence-electron chi connectivity index (χ1n) is 10.0. The molecular formula is C21H31ClFN3. The lowest BCUT2D eigenvalue weighted by Crippen LogP contribution is -2.36. The Bertz CT molecular complexity index is 688. The Hall–Kier alpha value is -1.10. The van der Waals surface area contributed by atoms with Gasteiger partial charge in [-0.25, -0.2) is 4.39 Å². The van der Waals surface area contributed by atoms with Gasteiger partial charge in [-0.2, -0.15) is 0 Å². The van der Waals surface area contributed by atoms with E-state index in [-0.39, 0.29) is 18.2 Å². The van der Waals surface area contributed by atoms with E-state index in [0.29, 0.717) is 5.92 Å². The molecule has 2 saturated heterocycles. The van der Waals surface area contributed by atoms with Crippen molar-refractivity contribution in [1.29, 1.82) is 0 Å². The van der Waals surface area contributed by atoms with Gasteiger partial charge in [-0.1, -0.05) is 6.42 Å². The minimum atomic E-state index is -0.163. The van der Waals surface area contributed by atoms with Gasteiger partial charge in [0.05, 0.1) is 0 Å². The summed E-state index contributed by atoms with van der Waals surface area (Å²) in [6.45, 7) is 7.51. The SMILES string of the molecule is Cl.Fc1ccc2c(C3CCN(CCCN4CCCCC4)CC3)c[nH]c2c1. The molecule has 26 heavy (non-hydrogen) atoms. The quantitative estimate of drug-likeness (QED) is 0.807. The molecular weight excluding hydrogens is 349 g/mol. The number of hydrogen-bond acceptors (Lipinski definition) is 2. The molecule has 5 heteroatoms. The topological polar surface area (TPSA) is 22.3 Å². The zero-order valence-corrected chi connectivity index (χ0v) is 16.4. The van der Waals surface area contributed by atoms with E-state index in [9.17, 15) is 4.39 Å². The lowest BCUT2D eigenvalue weighted by atomic mass is 9.89. The van der Waals surface area contributed by atoms with Crippen molar-refractivity contribution in [2.45, 2.75) is 44.4 Å². The first-order chi connectivity index (χ1) is 12.3. The highest BCUT2D eigenvalue weighted by atomic mass is 35.5. The van der Waals surface area contributed by atoms with E-state index in [0.717, 1.165) is 5.52 Å². The van der Waals surface area contributed by atoms with E-state index in [2.05, 4.69) is 21.0 Å². The number of nitrogens with zero attached hydrogens (tertiary/aromatic N) is 2. The van der Waals surface area contributed by atoms with Crippen molar-refractivity contribution in [3.63, 3.8) is 0 Å². The Morgan fingerprint density at radius 2 is 1.65 bits per heavy atom. The molecule has 0 spiro atoms. The number of benzene rings is 1. The molecule has 2 aromatic rings. The van der Waals surface area contributed by atoms with E-state index in [4.69, 9.17) is 0 Å². The van der Waals surface area contributed by atoms with Crippen molar-refractivity contribution in [3.8, 4) is 0 Å². The molecule has 1 aromatic carbocycles. The van der Waals surface area contributed by atoms with Crippen LogP contribution in [0.15, 0.2) is 24.4 Å². The van der Waals surface area contributed by atoms with Gasteiger partial charge in [0.15, 0.2) is 0 Å². The fourth-order valence-corrected chi connectivity index (χ4v) is 4.63. The van der Waals surface area contributed by atoms with Crippen molar-refractivity contribution in [2.24, 2.45) is 0 Å². The third-order valence-corrected chi connectivity index (χ3v) is 6.10. The predicted octanol–water partition coefficient (Wildman–Crippen LogP) is 4.78. The van der Waals surface area contributed by atoms with Crippen LogP contribution in [0.1, 0.15) is 50.0 Å². The molecule has 0 radical (unpaired) electrons. The third-order valence-electron chi connectivity index (χ3n) is 6.10. The van der Waals surface area contributed by atoms with Crippen LogP contribution < -0.4 is 0 Å². The zero-order chi connectivity index (χ0) is 17.1. The van der Waals surface area contributed by atoms with Gasteiger partial charge in [0.2, 0.25) is 0 Å². The summed E-state index contributed by atoms with van der Waals surface area (Å²) in [6, 6.07) is 5.12. The smallest absolute Gasteiger partial charge is 0.125 e. The second-order valence-electron chi connectivity index (χ2n) is 7.81.